The van der Waals surface area contributed by atoms with Crippen LogP contribution in [0.15, 0.2) is 47.8 Å². The summed E-state index contributed by atoms with van der Waals surface area (Å²) < 4.78 is 23.3. The van der Waals surface area contributed by atoms with Gasteiger partial charge in [-0.15, -0.1) is 11.8 Å². The molecule has 1 spiro atoms. The minimum atomic E-state index is -1.18. The number of imidazole rings is 1. The highest BCUT2D eigenvalue weighted by Crippen LogP contribution is 2.45. The number of piperidine rings is 1. The molecule has 1 saturated heterocycles. The first-order valence-electron chi connectivity index (χ1n) is 12.7. The number of aromatic nitrogens is 3. The third-order valence-corrected chi connectivity index (χ3v) is 10.1. The van der Waals surface area contributed by atoms with Crippen molar-refractivity contribution in [3.63, 3.8) is 0 Å². The number of fused-ring (bicyclic) bond motifs is 2. The molecule has 198 valence electrons. The van der Waals surface area contributed by atoms with Crippen LogP contribution in [-0.4, -0.2) is 61.3 Å². The molecule has 1 fully saturated rings. The second-order valence-electron chi connectivity index (χ2n) is 11.0. The quantitative estimate of drug-likeness (QED) is 0.360. The van der Waals surface area contributed by atoms with E-state index in [1.165, 1.54) is 18.2 Å². The highest BCUT2D eigenvalue weighted by Gasteiger charge is 2.48. The molecule has 2 atom stereocenters. The van der Waals surface area contributed by atoms with Gasteiger partial charge >= 0.3 is 5.97 Å². The molecule has 3 aromatic rings. The minimum Gasteiger partial charge on any atom is -0.469 e. The smallest absolute Gasteiger partial charge is 0.306 e. The number of nitrogens with one attached hydrogen (secondary N) is 1. The molecule has 1 aliphatic carbocycles. The topological polar surface area (TPSA) is 88.8 Å². The van der Waals surface area contributed by atoms with Gasteiger partial charge in [0.05, 0.1) is 34.2 Å². The molecular formula is C27H35N5O3S2. The Kier molecular flexibility index (Phi) is 7.35. The molecular weight excluding hydrogens is 506 g/mol. The molecule has 0 saturated carbocycles. The third-order valence-electron chi connectivity index (χ3n) is 7.48. The average Bonchev–Trinajstić information content (AvgIpc) is 3.50. The van der Waals surface area contributed by atoms with Crippen molar-refractivity contribution in [1.82, 2.24) is 19.1 Å². The zero-order valence-electron chi connectivity index (χ0n) is 21.9. The van der Waals surface area contributed by atoms with Gasteiger partial charge in [-0.25, -0.2) is 18.9 Å². The van der Waals surface area contributed by atoms with Crippen molar-refractivity contribution in [3.8, 4) is 0 Å². The number of ether oxygens (including phenoxy) is 1. The SMILES string of the molecule is COC(=O)CCSc1cnc(N2CCC3(Cc4ccccc4C3)C(N[S@](=O)C(C)(C)C)C2)n2ccnc12. The Morgan fingerprint density at radius 3 is 2.65 bits per heavy atom. The van der Waals surface area contributed by atoms with Gasteiger partial charge < -0.3 is 9.64 Å². The van der Waals surface area contributed by atoms with Gasteiger partial charge in [-0.2, -0.15) is 0 Å². The number of carbonyl (C=O) groups is 1. The van der Waals surface area contributed by atoms with Crippen LogP contribution < -0.4 is 9.62 Å². The molecule has 0 amide bonds. The van der Waals surface area contributed by atoms with E-state index in [4.69, 9.17) is 9.72 Å². The van der Waals surface area contributed by atoms with Gasteiger partial charge in [0.15, 0.2) is 5.65 Å². The van der Waals surface area contributed by atoms with E-state index in [1.54, 1.807) is 18.0 Å². The number of carbonyl (C=O) groups excluding carboxylic acids is 1. The van der Waals surface area contributed by atoms with Crippen molar-refractivity contribution in [3.05, 3.63) is 54.0 Å². The van der Waals surface area contributed by atoms with Gasteiger partial charge in [0, 0.05) is 43.5 Å². The average molecular weight is 542 g/mol. The van der Waals surface area contributed by atoms with E-state index in [1.807, 2.05) is 37.6 Å². The number of methoxy groups -OCH3 is 1. The molecule has 1 N–H and O–H groups in total. The molecule has 3 heterocycles. The lowest BCUT2D eigenvalue weighted by Crippen LogP contribution is -2.60. The summed E-state index contributed by atoms with van der Waals surface area (Å²) >= 11 is 1.56. The maximum Gasteiger partial charge on any atom is 0.306 e. The first kappa shape index (κ1) is 26.2. The predicted molar refractivity (Wildman–Crippen MR) is 148 cm³/mol. The molecule has 2 aromatic heterocycles. The fraction of sp³-hybridized carbons (Fsp3) is 0.519. The van der Waals surface area contributed by atoms with Crippen LogP contribution in [0.5, 0.6) is 0 Å². The summed E-state index contributed by atoms with van der Waals surface area (Å²) in [6, 6.07) is 8.76. The minimum absolute atomic E-state index is 0.0266. The molecule has 0 radical (unpaired) electrons. The van der Waals surface area contributed by atoms with Gasteiger partial charge in [0.1, 0.15) is 0 Å². The predicted octanol–water partition coefficient (Wildman–Crippen LogP) is 3.80. The lowest BCUT2D eigenvalue weighted by molar-refractivity contribution is -0.140. The van der Waals surface area contributed by atoms with E-state index in [2.05, 4.69) is 38.9 Å². The Balaban J connectivity index is 1.41. The van der Waals surface area contributed by atoms with Gasteiger partial charge in [0.2, 0.25) is 5.95 Å². The molecule has 1 aliphatic heterocycles. The maximum absolute atomic E-state index is 13.3. The standard InChI is InChI=1S/C27H35N5O3S2/c1-26(2,3)37(34)30-22-18-31(12-10-27(22)15-19-7-5-6-8-20(19)16-27)25-29-17-21(24-28-11-13-32(24)25)36-14-9-23(33)35-4/h5-8,11,13,17,22,30H,9-10,12,14-16,18H2,1-4H3/t22?,37-/m1/s1. The van der Waals surface area contributed by atoms with Crippen LogP contribution in [0, 0.1) is 5.41 Å². The highest BCUT2D eigenvalue weighted by atomic mass is 32.2. The van der Waals surface area contributed by atoms with Gasteiger partial charge in [-0.3, -0.25) is 9.20 Å². The third kappa shape index (κ3) is 5.28. The van der Waals surface area contributed by atoms with Gasteiger partial charge in [-0.1, -0.05) is 24.3 Å². The first-order chi connectivity index (χ1) is 17.7. The Hall–Kier alpha value is -2.43. The van der Waals surface area contributed by atoms with E-state index in [0.717, 1.165) is 42.3 Å². The zero-order chi connectivity index (χ0) is 26.2. The number of hydrogen-bond acceptors (Lipinski definition) is 7. The summed E-state index contributed by atoms with van der Waals surface area (Å²) in [6.45, 7) is 7.62. The number of rotatable bonds is 7. The van der Waals surface area contributed by atoms with E-state index >= 15 is 0 Å². The summed E-state index contributed by atoms with van der Waals surface area (Å²) in [5.74, 6) is 1.22. The first-order valence-corrected chi connectivity index (χ1v) is 14.9. The van der Waals surface area contributed by atoms with E-state index in [0.29, 0.717) is 18.7 Å². The number of thioether (sulfide) groups is 1. The largest absolute Gasteiger partial charge is 0.469 e. The summed E-state index contributed by atoms with van der Waals surface area (Å²) in [5.41, 5.74) is 3.68. The molecule has 8 nitrogen and oxygen atoms in total. The molecule has 2 aliphatic rings. The maximum atomic E-state index is 13.3. The normalized spacial score (nSPS) is 19.8. The Bertz CT molecular complexity index is 1290. The molecule has 1 unspecified atom stereocenters. The van der Waals surface area contributed by atoms with Crippen LogP contribution in [-0.2, 0) is 33.4 Å². The van der Waals surface area contributed by atoms with Crippen molar-refractivity contribution in [2.24, 2.45) is 5.41 Å². The Labute approximate surface area is 225 Å². The summed E-state index contributed by atoms with van der Waals surface area (Å²) in [6.07, 6.45) is 8.89. The van der Waals surface area contributed by atoms with Crippen LogP contribution >= 0.6 is 11.8 Å². The van der Waals surface area contributed by atoms with E-state index in [9.17, 15) is 9.00 Å². The number of anilines is 1. The van der Waals surface area contributed by atoms with Crippen LogP contribution in [0.25, 0.3) is 5.65 Å². The van der Waals surface area contributed by atoms with Crippen molar-refractivity contribution >= 4 is 40.3 Å². The number of hydrogen-bond donors (Lipinski definition) is 1. The lowest BCUT2D eigenvalue weighted by atomic mass is 9.72. The van der Waals surface area contributed by atoms with Crippen molar-refractivity contribution in [2.45, 2.75) is 62.1 Å². The van der Waals surface area contributed by atoms with E-state index < -0.39 is 11.0 Å². The molecule has 5 rings (SSSR count). The summed E-state index contributed by atoms with van der Waals surface area (Å²) in [4.78, 5) is 24.2. The highest BCUT2D eigenvalue weighted by molar-refractivity contribution is 7.99. The molecule has 1 aromatic carbocycles. The number of esters is 1. The molecule has 37 heavy (non-hydrogen) atoms. The van der Waals surface area contributed by atoms with Crippen LogP contribution in [0.1, 0.15) is 44.7 Å². The lowest BCUT2D eigenvalue weighted by Gasteiger charge is -2.47. The second-order valence-corrected chi connectivity index (χ2v) is 14.1. The monoisotopic (exact) mass is 541 g/mol. The van der Waals surface area contributed by atoms with Gasteiger partial charge in [-0.05, 0) is 56.6 Å². The fourth-order valence-corrected chi connectivity index (χ4v) is 7.23. The Morgan fingerprint density at radius 2 is 1.97 bits per heavy atom. The Morgan fingerprint density at radius 1 is 1.24 bits per heavy atom. The number of nitrogens with zero attached hydrogens (tertiary/aromatic N) is 4. The van der Waals surface area contributed by atoms with Gasteiger partial charge in [0.25, 0.3) is 0 Å². The summed E-state index contributed by atoms with van der Waals surface area (Å²) in [7, 11) is 0.223. The molecule has 0 bridgehead atoms. The number of benzene rings is 1. The van der Waals surface area contributed by atoms with Crippen LogP contribution in [0.4, 0.5) is 5.95 Å². The fourth-order valence-electron chi connectivity index (χ4n) is 5.40. The van der Waals surface area contributed by atoms with Crippen molar-refractivity contribution in [2.75, 3.05) is 30.9 Å². The van der Waals surface area contributed by atoms with Crippen molar-refractivity contribution in [1.29, 1.82) is 0 Å². The summed E-state index contributed by atoms with van der Waals surface area (Å²) in [5, 5.41) is 0. The molecule has 10 heteroatoms. The van der Waals surface area contributed by atoms with Crippen molar-refractivity contribution < 1.29 is 13.7 Å². The van der Waals surface area contributed by atoms with Crippen LogP contribution in [0.2, 0.25) is 0 Å². The zero-order valence-corrected chi connectivity index (χ0v) is 23.5. The van der Waals surface area contributed by atoms with E-state index in [-0.39, 0.29) is 22.2 Å². The van der Waals surface area contributed by atoms with Crippen LogP contribution in [0.3, 0.4) is 0 Å². The second kappa shape index (κ2) is 10.4.